The number of para-hydroxylation sites is 1. The molecule has 1 N–H and O–H groups in total. The van der Waals surface area contributed by atoms with Gasteiger partial charge in [0, 0.05) is 36.6 Å². The van der Waals surface area contributed by atoms with Crippen molar-refractivity contribution in [1.82, 2.24) is 9.88 Å². The van der Waals surface area contributed by atoms with E-state index in [1.807, 2.05) is 11.3 Å². The van der Waals surface area contributed by atoms with Gasteiger partial charge in [-0.05, 0) is 48.3 Å². The predicted octanol–water partition coefficient (Wildman–Crippen LogP) is 8.87. The minimum atomic E-state index is -0.268. The van der Waals surface area contributed by atoms with Gasteiger partial charge in [-0.25, -0.2) is 4.99 Å². The van der Waals surface area contributed by atoms with Crippen LogP contribution in [0.4, 0.5) is 0 Å². The smallest absolute Gasteiger partial charge is 0.201 e. The van der Waals surface area contributed by atoms with Gasteiger partial charge in [0.1, 0.15) is 0 Å². The normalized spacial score (nSPS) is 17.6. The van der Waals surface area contributed by atoms with Crippen molar-refractivity contribution in [2.24, 2.45) is 4.99 Å². The van der Waals surface area contributed by atoms with Crippen molar-refractivity contribution in [1.29, 1.82) is 0 Å². The van der Waals surface area contributed by atoms with Crippen molar-refractivity contribution in [2.45, 2.75) is 19.1 Å². The summed E-state index contributed by atoms with van der Waals surface area (Å²) in [6, 6.07) is 32.6. The van der Waals surface area contributed by atoms with Crippen LogP contribution in [0.15, 0.2) is 132 Å². The Morgan fingerprint density at radius 1 is 0.763 bits per heavy atom. The zero-order valence-electron chi connectivity index (χ0n) is 20.8. The molecule has 0 fully saturated rings. The van der Waals surface area contributed by atoms with Gasteiger partial charge in [-0.15, -0.1) is 11.3 Å². The lowest BCUT2D eigenvalue weighted by atomic mass is 10.0. The third-order valence-corrected chi connectivity index (χ3v) is 8.87. The molecule has 1 aliphatic carbocycles. The van der Waals surface area contributed by atoms with Gasteiger partial charge in [0.05, 0.1) is 16.7 Å². The molecule has 4 aromatic carbocycles. The quantitative estimate of drug-likeness (QED) is 0.255. The zero-order valence-corrected chi connectivity index (χ0v) is 21.6. The first-order chi connectivity index (χ1) is 18.8. The topological polar surface area (TPSA) is 29.3 Å². The molecule has 0 saturated heterocycles. The largest absolute Gasteiger partial charge is 0.346 e. The number of aliphatic imine (C=N–C) groups is 1. The van der Waals surface area contributed by atoms with E-state index in [0.29, 0.717) is 0 Å². The summed E-state index contributed by atoms with van der Waals surface area (Å²) < 4.78 is 5.06. The number of rotatable bonds is 3. The maximum atomic E-state index is 5.31. The molecular weight excluding hydrogens is 482 g/mol. The first-order valence-corrected chi connectivity index (χ1v) is 14.0. The van der Waals surface area contributed by atoms with Crippen LogP contribution in [0.25, 0.3) is 42.0 Å². The van der Waals surface area contributed by atoms with Crippen LogP contribution in [0.5, 0.6) is 0 Å². The van der Waals surface area contributed by atoms with Gasteiger partial charge in [0.25, 0.3) is 0 Å². The van der Waals surface area contributed by atoms with E-state index in [1.54, 1.807) is 0 Å². The highest BCUT2D eigenvalue weighted by molar-refractivity contribution is 7.26. The average Bonchev–Trinajstić information content (AvgIpc) is 3.53. The first-order valence-electron chi connectivity index (χ1n) is 13.2. The Morgan fingerprint density at radius 3 is 2.45 bits per heavy atom. The average molecular weight is 508 g/mol. The Labute approximate surface area is 224 Å². The lowest BCUT2D eigenvalue weighted by Crippen LogP contribution is -2.30. The van der Waals surface area contributed by atoms with Crippen LogP contribution in [-0.4, -0.2) is 10.3 Å². The Hall–Kier alpha value is -4.41. The Kier molecular flexibility index (Phi) is 4.89. The summed E-state index contributed by atoms with van der Waals surface area (Å²) in [7, 11) is 0. The summed E-state index contributed by atoms with van der Waals surface area (Å²) >= 11 is 1.89. The highest BCUT2D eigenvalue weighted by atomic mass is 32.1. The molecular formula is C34H25N3S. The number of thiophene rings is 1. The maximum absolute atomic E-state index is 5.31. The minimum Gasteiger partial charge on any atom is -0.346 e. The summed E-state index contributed by atoms with van der Waals surface area (Å²) in [5, 5.41) is 9.03. The zero-order chi connectivity index (χ0) is 25.1. The van der Waals surface area contributed by atoms with E-state index in [9.17, 15) is 0 Å². The van der Waals surface area contributed by atoms with Gasteiger partial charge < -0.3 is 9.88 Å². The standard InChI is InChI=1S/C34H25N3S/c1-3-11-22(12-4-1)27-21-28(23-13-5-2-6-14-23)36-34(35-27)37-29-17-9-7-16-26(29)32-30(37)20-19-25-24-15-8-10-18-31(24)38-33(25)32/h1,3-5,7-21,34,36H,2,6H2. The summed E-state index contributed by atoms with van der Waals surface area (Å²) in [4.78, 5) is 5.31. The van der Waals surface area contributed by atoms with E-state index >= 15 is 0 Å². The van der Waals surface area contributed by atoms with Crippen molar-refractivity contribution in [2.75, 3.05) is 0 Å². The SMILES string of the molecule is C1=CC(C2=CC(c3ccccc3)=NC(n3c4ccccc4c4c5sc6ccccc6c5ccc43)N2)=CCC1. The molecule has 3 nitrogen and oxygen atoms in total. The van der Waals surface area contributed by atoms with E-state index < -0.39 is 0 Å². The Balaban J connectivity index is 1.40. The number of nitrogens with one attached hydrogen (secondary N) is 1. The van der Waals surface area contributed by atoms with Crippen LogP contribution in [-0.2, 0) is 0 Å². The number of allylic oxidation sites excluding steroid dienone is 4. The Morgan fingerprint density at radius 2 is 1.58 bits per heavy atom. The number of fused-ring (bicyclic) bond motifs is 7. The van der Waals surface area contributed by atoms with Gasteiger partial charge in [0.2, 0.25) is 6.29 Å². The van der Waals surface area contributed by atoms with Crippen molar-refractivity contribution >= 4 is 59.0 Å². The second-order valence-electron chi connectivity index (χ2n) is 9.92. The fraction of sp³-hybridized carbons (Fsp3) is 0.0882. The molecule has 38 heavy (non-hydrogen) atoms. The lowest BCUT2D eigenvalue weighted by molar-refractivity contribution is 0.484. The monoisotopic (exact) mass is 507 g/mol. The van der Waals surface area contributed by atoms with Crippen LogP contribution in [0.2, 0.25) is 0 Å². The molecule has 8 rings (SSSR count). The number of hydrogen-bond donors (Lipinski definition) is 1. The highest BCUT2D eigenvalue weighted by Crippen LogP contribution is 2.43. The van der Waals surface area contributed by atoms with Gasteiger partial charge in [-0.1, -0.05) is 91.0 Å². The van der Waals surface area contributed by atoms with E-state index in [4.69, 9.17) is 4.99 Å². The van der Waals surface area contributed by atoms with Gasteiger partial charge in [-0.2, -0.15) is 0 Å². The van der Waals surface area contributed by atoms with Crippen LogP contribution in [0.3, 0.4) is 0 Å². The number of nitrogens with zero attached hydrogens (tertiary/aromatic N) is 2. The highest BCUT2D eigenvalue weighted by Gasteiger charge is 2.25. The minimum absolute atomic E-state index is 0.268. The van der Waals surface area contributed by atoms with Crippen molar-refractivity contribution in [3.63, 3.8) is 0 Å². The molecule has 1 atom stereocenters. The molecule has 182 valence electrons. The van der Waals surface area contributed by atoms with Crippen molar-refractivity contribution < 1.29 is 0 Å². The first kappa shape index (κ1) is 21.7. The fourth-order valence-electron chi connectivity index (χ4n) is 5.92. The van der Waals surface area contributed by atoms with E-state index in [1.165, 1.54) is 47.6 Å². The van der Waals surface area contributed by atoms with Crippen LogP contribution < -0.4 is 5.32 Å². The molecule has 3 heterocycles. The van der Waals surface area contributed by atoms with E-state index in [-0.39, 0.29) is 6.29 Å². The third kappa shape index (κ3) is 3.30. The molecule has 4 heteroatoms. The van der Waals surface area contributed by atoms with E-state index in [0.717, 1.165) is 29.8 Å². The lowest BCUT2D eigenvalue weighted by Gasteiger charge is -2.27. The summed E-state index contributed by atoms with van der Waals surface area (Å²) in [5.41, 5.74) is 6.87. The predicted molar refractivity (Wildman–Crippen MR) is 162 cm³/mol. The molecule has 0 radical (unpaired) electrons. The molecule has 2 aromatic heterocycles. The summed E-state index contributed by atoms with van der Waals surface area (Å²) in [5.74, 6) is 0. The number of benzene rings is 4. The van der Waals surface area contributed by atoms with Gasteiger partial charge >= 0.3 is 0 Å². The van der Waals surface area contributed by atoms with Gasteiger partial charge in [-0.3, -0.25) is 0 Å². The van der Waals surface area contributed by atoms with Crippen LogP contribution in [0.1, 0.15) is 24.7 Å². The second kappa shape index (κ2) is 8.57. The Bertz CT molecular complexity index is 2000. The summed E-state index contributed by atoms with van der Waals surface area (Å²) in [6.07, 6.45) is 10.9. The molecule has 1 aliphatic heterocycles. The maximum Gasteiger partial charge on any atom is 0.201 e. The van der Waals surface area contributed by atoms with Gasteiger partial charge in [0.15, 0.2) is 0 Å². The molecule has 0 bridgehead atoms. The molecule has 2 aliphatic rings. The fourth-order valence-corrected chi connectivity index (χ4v) is 7.17. The molecule has 0 spiro atoms. The second-order valence-corrected chi connectivity index (χ2v) is 11.0. The number of hydrogen-bond acceptors (Lipinski definition) is 3. The number of aromatic nitrogens is 1. The third-order valence-electron chi connectivity index (χ3n) is 7.66. The van der Waals surface area contributed by atoms with Crippen molar-refractivity contribution in [3.05, 3.63) is 132 Å². The summed E-state index contributed by atoms with van der Waals surface area (Å²) in [6.45, 7) is 0. The molecule has 0 saturated carbocycles. The molecule has 6 aromatic rings. The van der Waals surface area contributed by atoms with E-state index in [2.05, 4.69) is 125 Å². The molecule has 1 unspecified atom stereocenters. The molecule has 0 amide bonds. The van der Waals surface area contributed by atoms with Crippen LogP contribution >= 0.6 is 11.3 Å². The van der Waals surface area contributed by atoms with Crippen molar-refractivity contribution in [3.8, 4) is 0 Å². The van der Waals surface area contributed by atoms with Crippen LogP contribution in [0, 0.1) is 0 Å².